The Morgan fingerprint density at radius 2 is 1.74 bits per heavy atom. The van der Waals surface area contributed by atoms with E-state index >= 15 is 0 Å². The molecule has 1 atom stereocenters. The minimum atomic E-state index is -3.81. The Labute approximate surface area is 170 Å². The molecule has 0 aliphatic rings. The van der Waals surface area contributed by atoms with Crippen molar-refractivity contribution in [3.05, 3.63) is 53.1 Å². The lowest BCUT2D eigenvalue weighted by Crippen LogP contribution is -2.20. The predicted octanol–water partition coefficient (Wildman–Crippen LogP) is 3.94. The first-order valence-electron chi connectivity index (χ1n) is 8.12. The van der Waals surface area contributed by atoms with Crippen LogP contribution in [0.1, 0.15) is 25.3 Å². The van der Waals surface area contributed by atoms with Gasteiger partial charge in [0.15, 0.2) is 0 Å². The molecule has 6 nitrogen and oxygen atoms in total. The monoisotopic (exact) mass is 431 g/mol. The summed E-state index contributed by atoms with van der Waals surface area (Å²) in [6.45, 7) is 3.52. The van der Waals surface area contributed by atoms with Crippen LogP contribution in [0.3, 0.4) is 0 Å². The molecule has 0 aliphatic heterocycles. The fraction of sp³-hybridized carbons (Fsp3) is 0.278. The zero-order chi connectivity index (χ0) is 19.3. The third-order valence-electron chi connectivity index (χ3n) is 3.68. The minimum absolute atomic E-state index is 0. The first-order valence-corrected chi connectivity index (χ1v) is 9.98. The van der Waals surface area contributed by atoms with Crippen molar-refractivity contribution in [2.45, 2.75) is 37.6 Å². The molecule has 1 unspecified atom stereocenters. The lowest BCUT2D eigenvalue weighted by molar-refractivity contribution is -0.116. The maximum atomic E-state index is 12.7. The molecular formula is C18H23Cl2N3O3S. The Morgan fingerprint density at radius 3 is 2.33 bits per heavy atom. The fourth-order valence-electron chi connectivity index (χ4n) is 2.28. The Hall–Kier alpha value is -1.80. The average molecular weight is 432 g/mol. The summed E-state index contributed by atoms with van der Waals surface area (Å²) in [6, 6.07) is 11.0. The zero-order valence-electron chi connectivity index (χ0n) is 15.0. The Kier molecular flexibility index (Phi) is 8.56. The predicted molar refractivity (Wildman–Crippen MR) is 112 cm³/mol. The van der Waals surface area contributed by atoms with Gasteiger partial charge in [-0.15, -0.1) is 12.4 Å². The van der Waals surface area contributed by atoms with Crippen LogP contribution >= 0.6 is 24.0 Å². The molecule has 148 valence electrons. The van der Waals surface area contributed by atoms with Crippen LogP contribution in [0.2, 0.25) is 5.02 Å². The first-order chi connectivity index (χ1) is 12.2. The molecule has 0 bridgehead atoms. The largest absolute Gasteiger partial charge is 0.328 e. The first kappa shape index (κ1) is 23.2. The van der Waals surface area contributed by atoms with Crippen LogP contribution in [0.5, 0.6) is 0 Å². The van der Waals surface area contributed by atoms with E-state index < -0.39 is 10.0 Å². The highest BCUT2D eigenvalue weighted by atomic mass is 35.5. The second-order valence-electron chi connectivity index (χ2n) is 6.16. The molecule has 2 aromatic carbocycles. The molecule has 2 rings (SSSR count). The number of nitrogens with two attached hydrogens (primary N) is 1. The van der Waals surface area contributed by atoms with Crippen molar-refractivity contribution in [2.24, 2.45) is 5.73 Å². The topological polar surface area (TPSA) is 101 Å². The Bertz CT molecular complexity index is 885. The number of benzene rings is 2. The van der Waals surface area contributed by atoms with Crippen molar-refractivity contribution in [1.82, 2.24) is 0 Å². The Balaban J connectivity index is 0.00000364. The van der Waals surface area contributed by atoms with Gasteiger partial charge in [-0.2, -0.15) is 0 Å². The van der Waals surface area contributed by atoms with Crippen molar-refractivity contribution >= 4 is 51.3 Å². The third kappa shape index (κ3) is 7.03. The van der Waals surface area contributed by atoms with Crippen LogP contribution in [0.25, 0.3) is 0 Å². The van der Waals surface area contributed by atoms with Gasteiger partial charge >= 0.3 is 0 Å². The normalized spacial score (nSPS) is 12.0. The average Bonchev–Trinajstić information content (AvgIpc) is 2.56. The number of carbonyl (C=O) groups is 1. The summed E-state index contributed by atoms with van der Waals surface area (Å²) in [6.07, 6.45) is 0.831. The number of sulfonamides is 1. The van der Waals surface area contributed by atoms with Gasteiger partial charge in [-0.3, -0.25) is 9.52 Å². The van der Waals surface area contributed by atoms with E-state index in [0.29, 0.717) is 28.4 Å². The second-order valence-corrected chi connectivity index (χ2v) is 8.24. The molecule has 0 spiro atoms. The number of nitrogens with one attached hydrogen (secondary N) is 2. The van der Waals surface area contributed by atoms with Crippen molar-refractivity contribution in [2.75, 3.05) is 10.0 Å². The number of rotatable bonds is 7. The summed E-state index contributed by atoms with van der Waals surface area (Å²) in [5.74, 6) is -0.208. The molecule has 2 aromatic rings. The number of aryl methyl sites for hydroxylation is 1. The van der Waals surface area contributed by atoms with Crippen LogP contribution < -0.4 is 15.8 Å². The molecule has 9 heteroatoms. The quantitative estimate of drug-likeness (QED) is 0.617. The third-order valence-corrected chi connectivity index (χ3v) is 5.46. The summed E-state index contributed by atoms with van der Waals surface area (Å²) in [5, 5.41) is 3.22. The number of amides is 1. The maximum Gasteiger partial charge on any atom is 0.262 e. The highest BCUT2D eigenvalue weighted by Gasteiger charge is 2.18. The van der Waals surface area contributed by atoms with Crippen molar-refractivity contribution in [3.63, 3.8) is 0 Å². The van der Waals surface area contributed by atoms with E-state index in [9.17, 15) is 13.2 Å². The molecular weight excluding hydrogens is 409 g/mol. The van der Waals surface area contributed by atoms with Crippen LogP contribution in [-0.4, -0.2) is 20.4 Å². The zero-order valence-corrected chi connectivity index (χ0v) is 17.4. The van der Waals surface area contributed by atoms with Gasteiger partial charge in [-0.25, -0.2) is 8.42 Å². The standard InChI is InChI=1S/C18H22ClN3O3S.ClH/c1-12-3-7-16(21-18(23)10-4-13(2)20)11-17(12)26(24,25)22-15-8-5-14(19)6-9-15;/h3,5-9,11,13,22H,4,10,20H2,1-2H3,(H,21,23);1H. The van der Waals surface area contributed by atoms with Crippen molar-refractivity contribution < 1.29 is 13.2 Å². The molecule has 0 radical (unpaired) electrons. The van der Waals surface area contributed by atoms with E-state index in [-0.39, 0.29) is 35.7 Å². The summed E-state index contributed by atoms with van der Waals surface area (Å²) >= 11 is 5.81. The lowest BCUT2D eigenvalue weighted by Gasteiger charge is -2.13. The van der Waals surface area contributed by atoms with Gasteiger partial charge in [0.2, 0.25) is 5.91 Å². The molecule has 0 saturated heterocycles. The summed E-state index contributed by atoms with van der Waals surface area (Å²) in [4.78, 5) is 12.0. The molecule has 0 fully saturated rings. The van der Waals surface area contributed by atoms with E-state index in [0.717, 1.165) is 0 Å². The van der Waals surface area contributed by atoms with E-state index in [1.54, 1.807) is 43.3 Å². The smallest absolute Gasteiger partial charge is 0.262 e. The molecule has 1 amide bonds. The van der Waals surface area contributed by atoms with Crippen molar-refractivity contribution in [1.29, 1.82) is 0 Å². The van der Waals surface area contributed by atoms with Gasteiger partial charge in [0, 0.05) is 28.9 Å². The maximum absolute atomic E-state index is 12.7. The van der Waals surface area contributed by atoms with Gasteiger partial charge in [0.05, 0.1) is 4.90 Å². The lowest BCUT2D eigenvalue weighted by atomic mass is 10.2. The molecule has 4 N–H and O–H groups in total. The summed E-state index contributed by atoms with van der Waals surface area (Å²) in [7, 11) is -3.81. The number of carbonyl (C=O) groups excluding carboxylic acids is 1. The second kappa shape index (κ2) is 9.94. The Morgan fingerprint density at radius 1 is 1.15 bits per heavy atom. The number of halogens is 2. The van der Waals surface area contributed by atoms with E-state index in [4.69, 9.17) is 17.3 Å². The van der Waals surface area contributed by atoms with Gasteiger partial charge in [0.25, 0.3) is 10.0 Å². The molecule has 0 aliphatic carbocycles. The van der Waals surface area contributed by atoms with Crippen LogP contribution in [-0.2, 0) is 14.8 Å². The van der Waals surface area contributed by atoms with Crippen LogP contribution in [0.15, 0.2) is 47.4 Å². The molecule has 0 aromatic heterocycles. The summed E-state index contributed by atoms with van der Waals surface area (Å²) < 4.78 is 27.9. The fourth-order valence-corrected chi connectivity index (χ4v) is 3.73. The number of hydrogen-bond donors (Lipinski definition) is 3. The van der Waals surface area contributed by atoms with Gasteiger partial charge in [-0.05, 0) is 62.2 Å². The summed E-state index contributed by atoms with van der Waals surface area (Å²) in [5.41, 5.74) is 7.03. The van der Waals surface area contributed by atoms with E-state index in [2.05, 4.69) is 10.0 Å². The van der Waals surface area contributed by atoms with Crippen molar-refractivity contribution in [3.8, 4) is 0 Å². The van der Waals surface area contributed by atoms with E-state index in [1.807, 2.05) is 6.92 Å². The van der Waals surface area contributed by atoms with Gasteiger partial charge < -0.3 is 11.1 Å². The highest BCUT2D eigenvalue weighted by molar-refractivity contribution is 7.92. The molecule has 27 heavy (non-hydrogen) atoms. The number of hydrogen-bond acceptors (Lipinski definition) is 4. The molecule has 0 saturated carbocycles. The highest BCUT2D eigenvalue weighted by Crippen LogP contribution is 2.24. The van der Waals surface area contributed by atoms with Gasteiger partial charge in [-0.1, -0.05) is 17.7 Å². The molecule has 0 heterocycles. The SMILES string of the molecule is Cc1ccc(NC(=O)CCC(C)N)cc1S(=O)(=O)Nc1ccc(Cl)cc1.Cl. The van der Waals surface area contributed by atoms with Crippen LogP contribution in [0.4, 0.5) is 11.4 Å². The van der Waals surface area contributed by atoms with E-state index in [1.165, 1.54) is 6.07 Å². The van der Waals surface area contributed by atoms with Gasteiger partial charge in [0.1, 0.15) is 0 Å². The van der Waals surface area contributed by atoms with Crippen LogP contribution in [0, 0.1) is 6.92 Å². The minimum Gasteiger partial charge on any atom is -0.328 e. The number of anilines is 2.